The summed E-state index contributed by atoms with van der Waals surface area (Å²) in [6, 6.07) is 9.81. The summed E-state index contributed by atoms with van der Waals surface area (Å²) in [5.74, 6) is 1.46. The molecule has 1 aliphatic rings. The van der Waals surface area contributed by atoms with Gasteiger partial charge in [0.2, 0.25) is 0 Å². The van der Waals surface area contributed by atoms with Crippen molar-refractivity contribution in [3.8, 4) is 11.5 Å². The highest BCUT2D eigenvalue weighted by Crippen LogP contribution is 2.37. The highest BCUT2D eigenvalue weighted by Gasteiger charge is 2.32. The van der Waals surface area contributed by atoms with E-state index in [1.807, 2.05) is 50.3 Å². The Hall–Kier alpha value is -2.47. The van der Waals surface area contributed by atoms with Gasteiger partial charge in [-0.05, 0) is 60.7 Å². The van der Waals surface area contributed by atoms with Crippen molar-refractivity contribution in [2.45, 2.75) is 13.8 Å². The van der Waals surface area contributed by atoms with Crippen molar-refractivity contribution in [3.05, 3.63) is 40.8 Å². The fraction of sp³-hybridized carbons (Fsp3) is 0.300. The van der Waals surface area contributed by atoms with Crippen LogP contribution in [0.2, 0.25) is 0 Å². The van der Waals surface area contributed by atoms with Gasteiger partial charge in [-0.1, -0.05) is 12.1 Å². The van der Waals surface area contributed by atoms with Crippen LogP contribution in [0.5, 0.6) is 11.5 Å². The van der Waals surface area contributed by atoms with E-state index in [-0.39, 0.29) is 5.91 Å². The van der Waals surface area contributed by atoms with Crippen LogP contribution in [-0.2, 0) is 4.79 Å². The smallest absolute Gasteiger partial charge is 0.266 e. The van der Waals surface area contributed by atoms with Gasteiger partial charge in [0.1, 0.15) is 11.5 Å². The van der Waals surface area contributed by atoms with E-state index in [0.29, 0.717) is 18.0 Å². The van der Waals surface area contributed by atoms with Crippen molar-refractivity contribution in [3.63, 3.8) is 0 Å². The number of methoxy groups -OCH3 is 2. The largest absolute Gasteiger partial charge is 0.497 e. The first-order chi connectivity index (χ1) is 12.6. The first kappa shape index (κ1) is 18.3. The summed E-state index contributed by atoms with van der Waals surface area (Å²) in [5.41, 5.74) is 0.869. The molecule has 0 saturated carbocycles. The molecule has 136 valence electrons. The summed E-state index contributed by atoms with van der Waals surface area (Å²) in [5, 5.41) is 2.79. The van der Waals surface area contributed by atoms with Crippen molar-refractivity contribution in [1.82, 2.24) is 4.90 Å². The van der Waals surface area contributed by atoms with E-state index in [4.69, 9.17) is 9.47 Å². The van der Waals surface area contributed by atoms with E-state index in [9.17, 15) is 4.79 Å². The molecule has 6 heteroatoms. The molecule has 3 rings (SSSR count). The maximum absolute atomic E-state index is 12.8. The zero-order chi connectivity index (χ0) is 18.7. The predicted octanol–water partition coefficient (Wildman–Crippen LogP) is 4.17. The molecule has 0 unspecified atom stereocenters. The van der Waals surface area contributed by atoms with Crippen LogP contribution >= 0.6 is 11.8 Å². The highest BCUT2D eigenvalue weighted by molar-refractivity contribution is 8.18. The van der Waals surface area contributed by atoms with Crippen LogP contribution in [0.1, 0.15) is 19.4 Å². The predicted molar refractivity (Wildman–Crippen MR) is 108 cm³/mol. The number of thioether (sulfide) groups is 1. The number of nitrogens with zero attached hydrogens (tertiary/aromatic N) is 2. The number of benzene rings is 2. The number of fused-ring (bicyclic) bond motifs is 1. The van der Waals surface area contributed by atoms with Gasteiger partial charge in [-0.25, -0.2) is 0 Å². The van der Waals surface area contributed by atoms with Crippen LogP contribution in [-0.4, -0.2) is 43.3 Å². The van der Waals surface area contributed by atoms with E-state index in [2.05, 4.69) is 4.99 Å². The third-order valence-electron chi connectivity index (χ3n) is 4.22. The Labute approximate surface area is 157 Å². The van der Waals surface area contributed by atoms with E-state index < -0.39 is 0 Å². The zero-order valence-electron chi connectivity index (χ0n) is 15.4. The van der Waals surface area contributed by atoms with E-state index >= 15 is 0 Å². The van der Waals surface area contributed by atoms with Crippen molar-refractivity contribution < 1.29 is 14.3 Å². The molecule has 26 heavy (non-hydrogen) atoms. The van der Waals surface area contributed by atoms with Gasteiger partial charge < -0.3 is 9.47 Å². The summed E-state index contributed by atoms with van der Waals surface area (Å²) in [4.78, 5) is 19.6. The monoisotopic (exact) mass is 370 g/mol. The number of amidine groups is 1. The Morgan fingerprint density at radius 2 is 1.92 bits per heavy atom. The number of ether oxygens (including phenoxy) is 2. The Morgan fingerprint density at radius 1 is 1.15 bits per heavy atom. The lowest BCUT2D eigenvalue weighted by Crippen LogP contribution is -2.28. The molecule has 1 heterocycles. The Morgan fingerprint density at radius 3 is 2.58 bits per heavy atom. The molecular formula is C20H22N2O3S. The summed E-state index contributed by atoms with van der Waals surface area (Å²) in [7, 11) is 3.28. The van der Waals surface area contributed by atoms with Gasteiger partial charge in [-0.15, -0.1) is 0 Å². The van der Waals surface area contributed by atoms with Gasteiger partial charge in [0.25, 0.3) is 5.91 Å². The van der Waals surface area contributed by atoms with Gasteiger partial charge in [0.05, 0.1) is 19.1 Å². The molecule has 0 spiro atoms. The molecule has 0 aliphatic carbocycles. The lowest BCUT2D eigenvalue weighted by atomic mass is 10.0. The van der Waals surface area contributed by atoms with Gasteiger partial charge in [-0.3, -0.25) is 14.7 Å². The third-order valence-corrected chi connectivity index (χ3v) is 5.27. The van der Waals surface area contributed by atoms with Gasteiger partial charge in [-0.2, -0.15) is 0 Å². The summed E-state index contributed by atoms with van der Waals surface area (Å²) >= 11 is 1.41. The number of rotatable bonds is 5. The Bertz CT molecular complexity index is 900. The van der Waals surface area contributed by atoms with Crippen LogP contribution in [0.25, 0.3) is 16.8 Å². The normalized spacial score (nSPS) is 17.5. The Balaban J connectivity index is 2.16. The molecule has 0 bridgehead atoms. The molecule has 2 aromatic carbocycles. The van der Waals surface area contributed by atoms with Crippen LogP contribution in [0.15, 0.2) is 40.2 Å². The van der Waals surface area contributed by atoms with Crippen LogP contribution in [0, 0.1) is 0 Å². The summed E-state index contributed by atoms with van der Waals surface area (Å²) in [6.07, 6.45) is 1.90. The second-order valence-corrected chi connectivity index (χ2v) is 6.69. The van der Waals surface area contributed by atoms with E-state index in [1.54, 1.807) is 19.1 Å². The molecule has 0 radical (unpaired) electrons. The van der Waals surface area contributed by atoms with Crippen molar-refractivity contribution in [2.24, 2.45) is 4.99 Å². The topological polar surface area (TPSA) is 51.1 Å². The third kappa shape index (κ3) is 3.29. The first-order valence-corrected chi connectivity index (χ1v) is 9.35. The molecule has 1 aliphatic heterocycles. The molecule has 0 atom stereocenters. The SMILES string of the molecule is CCN=C1S/C(=C/c2c(OC)ccc3ccc(OC)cc23)C(=O)N1CC. The molecule has 5 nitrogen and oxygen atoms in total. The number of aliphatic imine (C=N–C) groups is 1. The molecule has 1 fully saturated rings. The quantitative estimate of drug-likeness (QED) is 0.741. The summed E-state index contributed by atoms with van der Waals surface area (Å²) < 4.78 is 10.9. The molecule has 0 N–H and O–H groups in total. The lowest BCUT2D eigenvalue weighted by molar-refractivity contribution is -0.122. The zero-order valence-corrected chi connectivity index (χ0v) is 16.2. The average molecular weight is 370 g/mol. The van der Waals surface area contributed by atoms with Crippen molar-refractivity contribution >= 4 is 39.7 Å². The van der Waals surface area contributed by atoms with Crippen LogP contribution in [0.3, 0.4) is 0 Å². The van der Waals surface area contributed by atoms with E-state index in [0.717, 1.165) is 33.0 Å². The first-order valence-electron chi connectivity index (χ1n) is 8.53. The second-order valence-electron chi connectivity index (χ2n) is 5.69. The minimum atomic E-state index is -0.0216. The standard InChI is InChI=1S/C20H22N2O3S/c1-5-21-20-22(6-2)19(23)18(26-20)12-16-15-11-14(24-3)9-7-13(15)8-10-17(16)25-4/h7-12H,5-6H2,1-4H3/b18-12+,21-20?. The number of hydrogen-bond acceptors (Lipinski definition) is 5. The molecule has 2 aromatic rings. The van der Waals surface area contributed by atoms with Gasteiger partial charge >= 0.3 is 0 Å². The number of likely N-dealkylation sites (N-methyl/N-ethyl adjacent to an activating group) is 1. The maximum Gasteiger partial charge on any atom is 0.266 e. The minimum Gasteiger partial charge on any atom is -0.497 e. The number of amides is 1. The van der Waals surface area contributed by atoms with Gasteiger partial charge in [0.15, 0.2) is 5.17 Å². The Kier molecular flexibility index (Phi) is 5.52. The molecule has 1 saturated heterocycles. The fourth-order valence-corrected chi connectivity index (χ4v) is 4.01. The molecular weight excluding hydrogens is 348 g/mol. The number of carbonyl (C=O) groups is 1. The molecule has 1 amide bonds. The average Bonchev–Trinajstić information content (AvgIpc) is 2.96. The minimum absolute atomic E-state index is 0.0216. The van der Waals surface area contributed by atoms with E-state index in [1.165, 1.54) is 11.8 Å². The van der Waals surface area contributed by atoms with Crippen LogP contribution in [0.4, 0.5) is 0 Å². The second kappa shape index (κ2) is 7.83. The lowest BCUT2D eigenvalue weighted by Gasteiger charge is -2.12. The summed E-state index contributed by atoms with van der Waals surface area (Å²) in [6.45, 7) is 5.17. The molecule has 0 aromatic heterocycles. The number of carbonyl (C=O) groups excluding carboxylic acids is 1. The maximum atomic E-state index is 12.8. The number of hydrogen-bond donors (Lipinski definition) is 0. The fourth-order valence-electron chi connectivity index (χ4n) is 2.93. The highest BCUT2D eigenvalue weighted by atomic mass is 32.2. The van der Waals surface area contributed by atoms with Crippen LogP contribution < -0.4 is 9.47 Å². The van der Waals surface area contributed by atoms with Gasteiger partial charge in [0, 0.05) is 18.7 Å². The van der Waals surface area contributed by atoms with Crippen molar-refractivity contribution in [2.75, 3.05) is 27.3 Å². The van der Waals surface area contributed by atoms with Crippen molar-refractivity contribution in [1.29, 1.82) is 0 Å².